The van der Waals surface area contributed by atoms with Gasteiger partial charge in [0.05, 0.1) is 5.00 Å². The van der Waals surface area contributed by atoms with E-state index in [9.17, 15) is 0 Å². The molecule has 2 aromatic rings. The molecule has 0 aliphatic heterocycles. The second-order valence-corrected chi connectivity index (χ2v) is 4.03. The molecule has 0 radical (unpaired) electrons. The van der Waals surface area contributed by atoms with Gasteiger partial charge in [-0.25, -0.2) is 0 Å². The van der Waals surface area contributed by atoms with Crippen LogP contribution < -0.4 is 0 Å². The molecular formula is C8H6BrNS. The van der Waals surface area contributed by atoms with Crippen molar-refractivity contribution < 1.29 is 0 Å². The van der Waals surface area contributed by atoms with Crippen LogP contribution in [0.3, 0.4) is 0 Å². The van der Waals surface area contributed by atoms with Gasteiger partial charge in [0.2, 0.25) is 0 Å². The van der Waals surface area contributed by atoms with Crippen molar-refractivity contribution >= 4 is 27.3 Å². The highest BCUT2D eigenvalue weighted by Crippen LogP contribution is 2.18. The molecule has 3 heteroatoms. The molecule has 2 rings (SSSR count). The van der Waals surface area contributed by atoms with E-state index in [4.69, 9.17) is 0 Å². The molecule has 0 fully saturated rings. The van der Waals surface area contributed by atoms with Gasteiger partial charge in [-0.15, -0.1) is 11.3 Å². The van der Waals surface area contributed by atoms with Crippen molar-refractivity contribution in [1.82, 2.24) is 4.57 Å². The fraction of sp³-hybridized carbons (Fsp3) is 0. The first-order valence-electron chi connectivity index (χ1n) is 3.23. The Morgan fingerprint density at radius 3 is 2.82 bits per heavy atom. The van der Waals surface area contributed by atoms with Gasteiger partial charge in [0, 0.05) is 16.9 Å². The molecule has 0 spiro atoms. The normalized spacial score (nSPS) is 10.3. The molecule has 0 unspecified atom stereocenters. The molecular weight excluding hydrogens is 222 g/mol. The first-order chi connectivity index (χ1) is 5.36. The molecule has 0 aromatic carbocycles. The van der Waals surface area contributed by atoms with E-state index >= 15 is 0 Å². The third kappa shape index (κ3) is 1.39. The molecule has 0 bridgehead atoms. The first kappa shape index (κ1) is 7.13. The molecule has 0 saturated heterocycles. The topological polar surface area (TPSA) is 4.93 Å². The largest absolute Gasteiger partial charge is 0.314 e. The quantitative estimate of drug-likeness (QED) is 0.705. The van der Waals surface area contributed by atoms with Crippen LogP contribution in [0.4, 0.5) is 0 Å². The van der Waals surface area contributed by atoms with Crippen LogP contribution in [0.5, 0.6) is 0 Å². The third-order valence-electron chi connectivity index (χ3n) is 1.42. The Morgan fingerprint density at radius 2 is 2.27 bits per heavy atom. The Hall–Kier alpha value is -0.540. The minimum atomic E-state index is 1.12. The van der Waals surface area contributed by atoms with Crippen molar-refractivity contribution in [3.8, 4) is 5.00 Å². The van der Waals surface area contributed by atoms with Crippen LogP contribution in [0, 0.1) is 0 Å². The fourth-order valence-electron chi connectivity index (χ4n) is 0.924. The van der Waals surface area contributed by atoms with Crippen LogP contribution in [-0.4, -0.2) is 4.57 Å². The van der Waals surface area contributed by atoms with Crippen LogP contribution >= 0.6 is 27.3 Å². The van der Waals surface area contributed by atoms with Crippen LogP contribution in [-0.2, 0) is 0 Å². The van der Waals surface area contributed by atoms with Crippen molar-refractivity contribution in [3.05, 3.63) is 40.4 Å². The van der Waals surface area contributed by atoms with Gasteiger partial charge in [-0.05, 0) is 39.5 Å². The molecule has 1 nitrogen and oxygen atoms in total. The first-order valence-corrected chi connectivity index (χ1v) is 4.91. The van der Waals surface area contributed by atoms with E-state index in [1.54, 1.807) is 11.3 Å². The van der Waals surface area contributed by atoms with Gasteiger partial charge >= 0.3 is 0 Å². The van der Waals surface area contributed by atoms with Crippen LogP contribution in [0.1, 0.15) is 0 Å². The predicted molar refractivity (Wildman–Crippen MR) is 51.3 cm³/mol. The number of halogens is 1. The van der Waals surface area contributed by atoms with Gasteiger partial charge in [0.15, 0.2) is 0 Å². The summed E-state index contributed by atoms with van der Waals surface area (Å²) in [6.45, 7) is 0. The minimum absolute atomic E-state index is 1.12. The third-order valence-corrected chi connectivity index (χ3v) is 2.77. The highest BCUT2D eigenvalue weighted by Gasteiger charge is 1.95. The molecule has 0 atom stereocenters. The minimum Gasteiger partial charge on any atom is -0.314 e. The van der Waals surface area contributed by atoms with Gasteiger partial charge in [0.25, 0.3) is 0 Å². The molecule has 56 valence electrons. The SMILES string of the molecule is Brc1ccn(-c2cccs2)c1. The van der Waals surface area contributed by atoms with Crippen LogP contribution in [0.15, 0.2) is 40.4 Å². The number of nitrogens with zero attached hydrogens (tertiary/aromatic N) is 1. The van der Waals surface area contributed by atoms with E-state index in [0.29, 0.717) is 0 Å². The highest BCUT2D eigenvalue weighted by molar-refractivity contribution is 9.10. The Labute approximate surface area is 77.4 Å². The number of rotatable bonds is 1. The lowest BCUT2D eigenvalue weighted by molar-refractivity contribution is 1.11. The maximum Gasteiger partial charge on any atom is 0.0989 e. The Balaban J connectivity index is 2.45. The standard InChI is InChI=1S/C8H6BrNS/c9-7-3-4-10(6-7)8-2-1-5-11-8/h1-6H. The summed E-state index contributed by atoms with van der Waals surface area (Å²) in [5.41, 5.74) is 0. The summed E-state index contributed by atoms with van der Waals surface area (Å²) in [5, 5.41) is 3.32. The molecule has 0 aliphatic carbocycles. The van der Waals surface area contributed by atoms with E-state index in [-0.39, 0.29) is 0 Å². The van der Waals surface area contributed by atoms with E-state index in [1.807, 2.05) is 24.5 Å². The zero-order valence-electron chi connectivity index (χ0n) is 5.70. The molecule has 0 N–H and O–H groups in total. The van der Waals surface area contributed by atoms with Gasteiger partial charge in [-0.2, -0.15) is 0 Å². The Kier molecular flexibility index (Phi) is 1.84. The van der Waals surface area contributed by atoms with E-state index in [1.165, 1.54) is 5.00 Å². The summed E-state index contributed by atoms with van der Waals surface area (Å²) in [4.78, 5) is 0. The Bertz CT molecular complexity index is 337. The lowest BCUT2D eigenvalue weighted by Gasteiger charge is -1.94. The molecule has 0 saturated carbocycles. The zero-order valence-corrected chi connectivity index (χ0v) is 8.10. The van der Waals surface area contributed by atoms with E-state index in [2.05, 4.69) is 31.9 Å². The maximum absolute atomic E-state index is 3.40. The van der Waals surface area contributed by atoms with E-state index in [0.717, 1.165) is 4.47 Å². The lowest BCUT2D eigenvalue weighted by Crippen LogP contribution is -1.82. The summed E-state index contributed by atoms with van der Waals surface area (Å²) in [5.74, 6) is 0. The van der Waals surface area contributed by atoms with Gasteiger partial charge < -0.3 is 4.57 Å². The molecule has 0 aliphatic rings. The Morgan fingerprint density at radius 1 is 1.36 bits per heavy atom. The molecule has 2 heterocycles. The average molecular weight is 228 g/mol. The van der Waals surface area contributed by atoms with Crippen molar-refractivity contribution in [2.45, 2.75) is 0 Å². The second-order valence-electron chi connectivity index (χ2n) is 2.19. The van der Waals surface area contributed by atoms with Crippen LogP contribution in [0.2, 0.25) is 0 Å². The van der Waals surface area contributed by atoms with Crippen molar-refractivity contribution in [3.63, 3.8) is 0 Å². The molecule has 11 heavy (non-hydrogen) atoms. The van der Waals surface area contributed by atoms with Gasteiger partial charge in [-0.1, -0.05) is 0 Å². The summed E-state index contributed by atoms with van der Waals surface area (Å²) >= 11 is 5.13. The summed E-state index contributed by atoms with van der Waals surface area (Å²) in [7, 11) is 0. The number of hydrogen-bond acceptors (Lipinski definition) is 1. The summed E-state index contributed by atoms with van der Waals surface area (Å²) in [6.07, 6.45) is 4.09. The summed E-state index contributed by atoms with van der Waals surface area (Å²) < 4.78 is 3.21. The van der Waals surface area contributed by atoms with Crippen LogP contribution in [0.25, 0.3) is 5.00 Å². The average Bonchev–Trinajstić information content (AvgIpc) is 2.55. The van der Waals surface area contributed by atoms with Crippen molar-refractivity contribution in [2.75, 3.05) is 0 Å². The number of thiophene rings is 1. The predicted octanol–water partition coefficient (Wildman–Crippen LogP) is 3.30. The maximum atomic E-state index is 3.40. The van der Waals surface area contributed by atoms with Gasteiger partial charge in [-0.3, -0.25) is 0 Å². The van der Waals surface area contributed by atoms with E-state index < -0.39 is 0 Å². The number of aromatic nitrogens is 1. The molecule has 0 amide bonds. The highest BCUT2D eigenvalue weighted by atomic mass is 79.9. The number of hydrogen-bond donors (Lipinski definition) is 0. The monoisotopic (exact) mass is 227 g/mol. The summed E-state index contributed by atoms with van der Waals surface area (Å²) in [6, 6.07) is 6.17. The van der Waals surface area contributed by atoms with Crippen molar-refractivity contribution in [1.29, 1.82) is 0 Å². The smallest absolute Gasteiger partial charge is 0.0989 e. The molecule has 2 aromatic heterocycles. The second kappa shape index (κ2) is 2.83. The zero-order chi connectivity index (χ0) is 7.68. The lowest BCUT2D eigenvalue weighted by atomic mass is 10.6. The van der Waals surface area contributed by atoms with Crippen molar-refractivity contribution in [2.24, 2.45) is 0 Å². The fourth-order valence-corrected chi connectivity index (χ4v) is 1.95. The van der Waals surface area contributed by atoms with Gasteiger partial charge in [0.1, 0.15) is 0 Å².